The van der Waals surface area contributed by atoms with Crippen LogP contribution in [0.3, 0.4) is 0 Å². The van der Waals surface area contributed by atoms with E-state index in [4.69, 9.17) is 9.84 Å². The SMILES string of the molecule is CNC(=O)c1cc(N(CCO)CCOC)ccn1. The minimum atomic E-state index is -0.229. The zero-order valence-corrected chi connectivity index (χ0v) is 10.7. The van der Waals surface area contributed by atoms with E-state index >= 15 is 0 Å². The van der Waals surface area contributed by atoms with Crippen molar-refractivity contribution in [3.05, 3.63) is 24.0 Å². The van der Waals surface area contributed by atoms with E-state index < -0.39 is 0 Å². The number of rotatable bonds is 7. The number of anilines is 1. The lowest BCUT2D eigenvalue weighted by atomic mass is 10.2. The molecule has 6 nitrogen and oxygen atoms in total. The summed E-state index contributed by atoms with van der Waals surface area (Å²) in [5.74, 6) is -0.229. The molecule has 0 spiro atoms. The average molecular weight is 253 g/mol. The lowest BCUT2D eigenvalue weighted by molar-refractivity contribution is 0.0958. The molecule has 0 fully saturated rings. The van der Waals surface area contributed by atoms with Crippen LogP contribution in [0.2, 0.25) is 0 Å². The molecule has 1 heterocycles. The third-order valence-corrected chi connectivity index (χ3v) is 2.50. The van der Waals surface area contributed by atoms with Gasteiger partial charge in [-0.25, -0.2) is 0 Å². The first-order chi connectivity index (χ1) is 8.72. The zero-order chi connectivity index (χ0) is 13.4. The molecule has 1 amide bonds. The molecule has 0 aliphatic heterocycles. The van der Waals surface area contributed by atoms with Gasteiger partial charge in [0, 0.05) is 39.1 Å². The van der Waals surface area contributed by atoms with Gasteiger partial charge in [-0.15, -0.1) is 0 Å². The maximum atomic E-state index is 11.5. The molecule has 6 heteroatoms. The highest BCUT2D eigenvalue weighted by molar-refractivity contribution is 5.92. The fourth-order valence-electron chi connectivity index (χ4n) is 1.56. The van der Waals surface area contributed by atoms with Crippen molar-refractivity contribution in [2.75, 3.05) is 45.4 Å². The Balaban J connectivity index is 2.86. The highest BCUT2D eigenvalue weighted by Gasteiger charge is 2.10. The molecule has 18 heavy (non-hydrogen) atoms. The number of amides is 1. The van der Waals surface area contributed by atoms with E-state index in [9.17, 15) is 4.79 Å². The Kier molecular flexibility index (Phi) is 6.10. The number of ether oxygens (including phenoxy) is 1. The van der Waals surface area contributed by atoms with Gasteiger partial charge in [0.25, 0.3) is 5.91 Å². The van der Waals surface area contributed by atoms with Crippen molar-refractivity contribution in [2.24, 2.45) is 0 Å². The van der Waals surface area contributed by atoms with Crippen molar-refractivity contribution in [3.63, 3.8) is 0 Å². The number of carbonyl (C=O) groups excluding carboxylic acids is 1. The highest BCUT2D eigenvalue weighted by atomic mass is 16.5. The third-order valence-electron chi connectivity index (χ3n) is 2.50. The van der Waals surface area contributed by atoms with E-state index in [1.807, 2.05) is 4.90 Å². The topological polar surface area (TPSA) is 74.7 Å². The fourth-order valence-corrected chi connectivity index (χ4v) is 1.56. The van der Waals surface area contributed by atoms with E-state index in [0.717, 1.165) is 5.69 Å². The number of pyridine rings is 1. The van der Waals surface area contributed by atoms with Gasteiger partial charge in [-0.05, 0) is 12.1 Å². The Hall–Kier alpha value is -1.66. The molecule has 0 aliphatic rings. The van der Waals surface area contributed by atoms with Crippen LogP contribution in [-0.2, 0) is 4.74 Å². The Labute approximate surface area is 107 Å². The monoisotopic (exact) mass is 253 g/mol. The molecule has 0 unspecified atom stereocenters. The van der Waals surface area contributed by atoms with Gasteiger partial charge in [0.2, 0.25) is 0 Å². The van der Waals surface area contributed by atoms with Crippen LogP contribution in [0.15, 0.2) is 18.3 Å². The summed E-state index contributed by atoms with van der Waals surface area (Å²) in [6, 6.07) is 3.50. The number of nitrogens with zero attached hydrogens (tertiary/aromatic N) is 2. The summed E-state index contributed by atoms with van der Waals surface area (Å²) in [7, 11) is 3.19. The Morgan fingerprint density at radius 3 is 2.94 bits per heavy atom. The van der Waals surface area contributed by atoms with Crippen molar-refractivity contribution < 1.29 is 14.6 Å². The normalized spacial score (nSPS) is 10.2. The first-order valence-electron chi connectivity index (χ1n) is 5.75. The van der Waals surface area contributed by atoms with Crippen LogP contribution in [0.4, 0.5) is 5.69 Å². The molecule has 0 aromatic carbocycles. The van der Waals surface area contributed by atoms with Crippen LogP contribution in [0.25, 0.3) is 0 Å². The van der Waals surface area contributed by atoms with Gasteiger partial charge in [0.1, 0.15) is 5.69 Å². The quantitative estimate of drug-likeness (QED) is 0.709. The lowest BCUT2D eigenvalue weighted by Gasteiger charge is -2.23. The maximum Gasteiger partial charge on any atom is 0.269 e. The second-order valence-electron chi connectivity index (χ2n) is 3.68. The number of aromatic nitrogens is 1. The van der Waals surface area contributed by atoms with Crippen LogP contribution in [-0.4, -0.2) is 56.5 Å². The summed E-state index contributed by atoms with van der Waals surface area (Å²) in [6.07, 6.45) is 1.58. The summed E-state index contributed by atoms with van der Waals surface area (Å²) < 4.78 is 5.02. The molecule has 0 saturated carbocycles. The molecule has 0 radical (unpaired) electrons. The lowest BCUT2D eigenvalue weighted by Crippen LogP contribution is -2.30. The van der Waals surface area contributed by atoms with Crippen LogP contribution in [0, 0.1) is 0 Å². The molecule has 100 valence electrons. The van der Waals surface area contributed by atoms with E-state index in [0.29, 0.717) is 25.4 Å². The van der Waals surface area contributed by atoms with Gasteiger partial charge in [-0.1, -0.05) is 0 Å². The van der Waals surface area contributed by atoms with Gasteiger partial charge >= 0.3 is 0 Å². The second-order valence-corrected chi connectivity index (χ2v) is 3.68. The first kappa shape index (κ1) is 14.4. The van der Waals surface area contributed by atoms with Crippen molar-refractivity contribution in [2.45, 2.75) is 0 Å². The van der Waals surface area contributed by atoms with Gasteiger partial charge in [-0.2, -0.15) is 0 Å². The summed E-state index contributed by atoms with van der Waals surface area (Å²) in [5, 5.41) is 11.6. The smallest absolute Gasteiger partial charge is 0.269 e. The maximum absolute atomic E-state index is 11.5. The van der Waals surface area contributed by atoms with Gasteiger partial charge in [0.05, 0.1) is 13.2 Å². The number of carbonyl (C=O) groups is 1. The number of aliphatic hydroxyl groups excluding tert-OH is 1. The first-order valence-corrected chi connectivity index (χ1v) is 5.75. The predicted molar refractivity (Wildman–Crippen MR) is 68.8 cm³/mol. The standard InChI is InChI=1S/C12H19N3O3/c1-13-12(17)11-9-10(3-4-14-11)15(5-7-16)6-8-18-2/h3-4,9,16H,5-8H2,1-2H3,(H,13,17). The van der Waals surface area contributed by atoms with Crippen molar-refractivity contribution in [3.8, 4) is 0 Å². The number of hydrogen-bond acceptors (Lipinski definition) is 5. The molecule has 1 aromatic heterocycles. The number of methoxy groups -OCH3 is 1. The van der Waals surface area contributed by atoms with E-state index in [1.165, 1.54) is 0 Å². The summed E-state index contributed by atoms with van der Waals surface area (Å²) in [4.78, 5) is 17.4. The molecule has 1 rings (SSSR count). The molecule has 0 bridgehead atoms. The molecule has 1 aromatic rings. The summed E-state index contributed by atoms with van der Waals surface area (Å²) in [6.45, 7) is 1.73. The Morgan fingerprint density at radius 2 is 2.33 bits per heavy atom. The highest BCUT2D eigenvalue weighted by Crippen LogP contribution is 2.14. The van der Waals surface area contributed by atoms with Gasteiger partial charge in [0.15, 0.2) is 0 Å². The minimum Gasteiger partial charge on any atom is -0.395 e. The zero-order valence-electron chi connectivity index (χ0n) is 10.7. The van der Waals surface area contributed by atoms with Crippen LogP contribution >= 0.6 is 0 Å². The fraction of sp³-hybridized carbons (Fsp3) is 0.500. The van der Waals surface area contributed by atoms with Crippen LogP contribution < -0.4 is 10.2 Å². The predicted octanol–water partition coefficient (Wildman–Crippen LogP) is -0.114. The molecule has 0 saturated heterocycles. The Bertz CT molecular complexity index is 385. The van der Waals surface area contributed by atoms with E-state index in [-0.39, 0.29) is 12.5 Å². The summed E-state index contributed by atoms with van der Waals surface area (Å²) in [5.41, 5.74) is 1.20. The molecule has 2 N–H and O–H groups in total. The van der Waals surface area contributed by atoms with Crippen molar-refractivity contribution >= 4 is 11.6 Å². The number of aliphatic hydroxyl groups is 1. The number of nitrogens with one attached hydrogen (secondary N) is 1. The number of hydrogen-bond donors (Lipinski definition) is 2. The summed E-state index contributed by atoms with van der Waals surface area (Å²) >= 11 is 0. The van der Waals surface area contributed by atoms with E-state index in [1.54, 1.807) is 32.5 Å². The van der Waals surface area contributed by atoms with Crippen LogP contribution in [0.1, 0.15) is 10.5 Å². The van der Waals surface area contributed by atoms with Gasteiger partial charge in [-0.3, -0.25) is 9.78 Å². The minimum absolute atomic E-state index is 0.0430. The Morgan fingerprint density at radius 1 is 1.56 bits per heavy atom. The van der Waals surface area contributed by atoms with Crippen molar-refractivity contribution in [1.29, 1.82) is 0 Å². The van der Waals surface area contributed by atoms with Crippen molar-refractivity contribution in [1.82, 2.24) is 10.3 Å². The molecule has 0 aliphatic carbocycles. The van der Waals surface area contributed by atoms with Gasteiger partial charge < -0.3 is 20.1 Å². The molecule has 0 atom stereocenters. The van der Waals surface area contributed by atoms with Crippen LogP contribution in [0.5, 0.6) is 0 Å². The largest absolute Gasteiger partial charge is 0.395 e. The molecular weight excluding hydrogens is 234 g/mol. The second kappa shape index (κ2) is 7.62. The van der Waals surface area contributed by atoms with E-state index in [2.05, 4.69) is 10.3 Å². The average Bonchev–Trinajstić information content (AvgIpc) is 2.42. The third kappa shape index (κ3) is 3.97. The molecular formula is C12H19N3O3.